The smallest absolute Gasteiger partial charge is 0.266 e. The monoisotopic (exact) mass is 446 g/mol. The molecule has 3 aromatic rings. The molecule has 0 saturated heterocycles. The molecule has 0 radical (unpaired) electrons. The van der Waals surface area contributed by atoms with Crippen LogP contribution in [-0.4, -0.2) is 19.6 Å². The minimum absolute atomic E-state index is 0.0119. The highest BCUT2D eigenvalue weighted by Crippen LogP contribution is 2.27. The number of ether oxygens (including phenoxy) is 2. The number of hydrogen-bond acceptors (Lipinski definition) is 4. The van der Waals surface area contributed by atoms with Crippen molar-refractivity contribution >= 4 is 29.3 Å². The largest absolute Gasteiger partial charge is 0.497 e. The van der Waals surface area contributed by atoms with E-state index >= 15 is 0 Å². The van der Waals surface area contributed by atoms with E-state index in [0.29, 0.717) is 40.8 Å². The standard InChI is InChI=1S/C26H23ClN2O3/c1-3-32-25-15-18(8-9-20(25)16-19-6-4-5-7-24(19)27)14-21(17-28)26(30)29-22-10-12-23(31-2)13-11-22/h4-15H,3,16H2,1-2H3,(H,29,30)/b21-14+. The van der Waals surface area contributed by atoms with Crippen LogP contribution in [-0.2, 0) is 11.2 Å². The van der Waals surface area contributed by atoms with Crippen molar-refractivity contribution < 1.29 is 14.3 Å². The first-order valence-corrected chi connectivity index (χ1v) is 10.5. The van der Waals surface area contributed by atoms with Crippen molar-refractivity contribution in [1.82, 2.24) is 0 Å². The van der Waals surface area contributed by atoms with Crippen LogP contribution in [0.1, 0.15) is 23.6 Å². The Labute approximate surface area is 192 Å². The SMILES string of the molecule is CCOc1cc(/C=C(\C#N)C(=O)Nc2ccc(OC)cc2)ccc1Cc1ccccc1Cl. The van der Waals surface area contributed by atoms with E-state index in [-0.39, 0.29) is 5.57 Å². The number of halogens is 1. The number of anilines is 1. The molecule has 0 spiro atoms. The zero-order valence-corrected chi connectivity index (χ0v) is 18.6. The van der Waals surface area contributed by atoms with Gasteiger partial charge in [-0.15, -0.1) is 0 Å². The van der Waals surface area contributed by atoms with E-state index < -0.39 is 5.91 Å². The maximum Gasteiger partial charge on any atom is 0.266 e. The number of carbonyl (C=O) groups is 1. The van der Waals surface area contributed by atoms with Gasteiger partial charge in [0, 0.05) is 17.1 Å². The first-order valence-electron chi connectivity index (χ1n) is 10.1. The fourth-order valence-corrected chi connectivity index (χ4v) is 3.33. The maximum atomic E-state index is 12.6. The van der Waals surface area contributed by atoms with Gasteiger partial charge >= 0.3 is 0 Å². The second-order valence-corrected chi connectivity index (χ2v) is 7.33. The molecule has 3 rings (SSSR count). The number of methoxy groups -OCH3 is 1. The van der Waals surface area contributed by atoms with Crippen molar-refractivity contribution in [3.05, 3.63) is 94.0 Å². The first kappa shape index (κ1) is 22.9. The average Bonchev–Trinajstić information content (AvgIpc) is 2.81. The minimum atomic E-state index is -0.490. The molecule has 6 heteroatoms. The first-order chi connectivity index (χ1) is 15.5. The number of nitriles is 1. The fraction of sp³-hybridized carbons (Fsp3) is 0.154. The molecule has 5 nitrogen and oxygen atoms in total. The van der Waals surface area contributed by atoms with Crippen LogP contribution in [0.3, 0.4) is 0 Å². The summed E-state index contributed by atoms with van der Waals surface area (Å²) >= 11 is 6.30. The second kappa shape index (κ2) is 11.0. The third-order valence-electron chi connectivity index (χ3n) is 4.75. The zero-order valence-electron chi connectivity index (χ0n) is 17.9. The van der Waals surface area contributed by atoms with Gasteiger partial charge in [-0.2, -0.15) is 5.26 Å². The summed E-state index contributed by atoms with van der Waals surface area (Å²) in [5.41, 5.74) is 3.22. The van der Waals surface area contributed by atoms with Crippen LogP contribution >= 0.6 is 11.6 Å². The van der Waals surface area contributed by atoms with Crippen molar-refractivity contribution in [3.63, 3.8) is 0 Å². The summed E-state index contributed by atoms with van der Waals surface area (Å²) in [6, 6.07) is 22.1. The van der Waals surface area contributed by atoms with Gasteiger partial charge in [0.25, 0.3) is 5.91 Å². The fourth-order valence-electron chi connectivity index (χ4n) is 3.13. The Hall–Kier alpha value is -3.75. The van der Waals surface area contributed by atoms with E-state index in [1.54, 1.807) is 37.5 Å². The van der Waals surface area contributed by atoms with E-state index in [2.05, 4.69) is 5.32 Å². The van der Waals surface area contributed by atoms with Crippen molar-refractivity contribution in [3.8, 4) is 17.6 Å². The number of carbonyl (C=O) groups excluding carboxylic acids is 1. The summed E-state index contributed by atoms with van der Waals surface area (Å²) in [5, 5.41) is 12.9. The van der Waals surface area contributed by atoms with Crippen LogP contribution in [0.5, 0.6) is 11.5 Å². The highest BCUT2D eigenvalue weighted by molar-refractivity contribution is 6.31. The molecule has 0 fully saturated rings. The number of hydrogen-bond donors (Lipinski definition) is 1. The molecule has 0 bridgehead atoms. The number of benzene rings is 3. The Bertz CT molecular complexity index is 1160. The summed E-state index contributed by atoms with van der Waals surface area (Å²) in [5.74, 6) is 0.879. The lowest BCUT2D eigenvalue weighted by molar-refractivity contribution is -0.112. The van der Waals surface area contributed by atoms with Crippen LogP contribution in [0.25, 0.3) is 6.08 Å². The molecule has 0 aromatic heterocycles. The normalized spacial score (nSPS) is 10.9. The third-order valence-corrected chi connectivity index (χ3v) is 5.12. The van der Waals surface area contributed by atoms with Crippen molar-refractivity contribution in [2.24, 2.45) is 0 Å². The minimum Gasteiger partial charge on any atom is -0.497 e. The third kappa shape index (κ3) is 5.90. The Kier molecular flexibility index (Phi) is 7.91. The van der Waals surface area contributed by atoms with Gasteiger partial charge in [0.15, 0.2) is 0 Å². The predicted octanol–water partition coefficient (Wildman–Crippen LogP) is 5.88. The lowest BCUT2D eigenvalue weighted by Gasteiger charge is -2.12. The van der Waals surface area contributed by atoms with Gasteiger partial charge in [-0.05, 0) is 66.1 Å². The van der Waals surface area contributed by atoms with Crippen LogP contribution in [0.4, 0.5) is 5.69 Å². The van der Waals surface area contributed by atoms with Crippen molar-refractivity contribution in [2.45, 2.75) is 13.3 Å². The summed E-state index contributed by atoms with van der Waals surface area (Å²) < 4.78 is 10.9. The Morgan fingerprint density at radius 2 is 1.84 bits per heavy atom. The predicted molar refractivity (Wildman–Crippen MR) is 127 cm³/mol. The van der Waals surface area contributed by atoms with Gasteiger partial charge in [0.1, 0.15) is 23.1 Å². The van der Waals surface area contributed by atoms with Crippen molar-refractivity contribution in [1.29, 1.82) is 5.26 Å². The van der Waals surface area contributed by atoms with Crippen LogP contribution < -0.4 is 14.8 Å². The van der Waals surface area contributed by atoms with Gasteiger partial charge in [-0.3, -0.25) is 4.79 Å². The van der Waals surface area contributed by atoms with E-state index in [1.165, 1.54) is 0 Å². The van der Waals surface area contributed by atoms with Gasteiger partial charge in [-0.1, -0.05) is 41.9 Å². The zero-order chi connectivity index (χ0) is 22.9. The number of nitrogens with zero attached hydrogens (tertiary/aromatic N) is 1. The van der Waals surface area contributed by atoms with Gasteiger partial charge in [-0.25, -0.2) is 0 Å². The average molecular weight is 447 g/mol. The van der Waals surface area contributed by atoms with E-state index in [9.17, 15) is 10.1 Å². The summed E-state index contributed by atoms with van der Waals surface area (Å²) in [4.78, 5) is 12.6. The molecule has 0 atom stereocenters. The molecule has 1 amide bonds. The van der Waals surface area contributed by atoms with Gasteiger partial charge < -0.3 is 14.8 Å². The number of nitrogens with one attached hydrogen (secondary N) is 1. The molecular formula is C26H23ClN2O3. The summed E-state index contributed by atoms with van der Waals surface area (Å²) in [7, 11) is 1.57. The second-order valence-electron chi connectivity index (χ2n) is 6.92. The molecule has 162 valence electrons. The topological polar surface area (TPSA) is 71.3 Å². The number of amides is 1. The maximum absolute atomic E-state index is 12.6. The number of rotatable bonds is 8. The summed E-state index contributed by atoms with van der Waals surface area (Å²) in [6.07, 6.45) is 2.16. The van der Waals surface area contributed by atoms with E-state index in [1.807, 2.05) is 55.5 Å². The summed E-state index contributed by atoms with van der Waals surface area (Å²) in [6.45, 7) is 2.40. The molecule has 0 aliphatic rings. The molecule has 0 aliphatic carbocycles. The van der Waals surface area contributed by atoms with Crippen LogP contribution in [0.2, 0.25) is 5.02 Å². The van der Waals surface area contributed by atoms with Crippen molar-refractivity contribution in [2.75, 3.05) is 19.0 Å². The molecule has 0 unspecified atom stereocenters. The molecule has 0 saturated carbocycles. The van der Waals surface area contributed by atoms with E-state index in [0.717, 1.165) is 11.1 Å². The van der Waals surface area contributed by atoms with Gasteiger partial charge in [0.05, 0.1) is 13.7 Å². The Morgan fingerprint density at radius 1 is 1.09 bits per heavy atom. The lowest BCUT2D eigenvalue weighted by atomic mass is 10.0. The molecule has 1 N–H and O–H groups in total. The Morgan fingerprint density at radius 3 is 2.50 bits per heavy atom. The molecule has 32 heavy (non-hydrogen) atoms. The Balaban J connectivity index is 1.83. The molecule has 0 heterocycles. The quantitative estimate of drug-likeness (QED) is 0.346. The van der Waals surface area contributed by atoms with E-state index in [4.69, 9.17) is 21.1 Å². The van der Waals surface area contributed by atoms with Crippen LogP contribution in [0, 0.1) is 11.3 Å². The van der Waals surface area contributed by atoms with Crippen LogP contribution in [0.15, 0.2) is 72.3 Å². The lowest BCUT2D eigenvalue weighted by Crippen LogP contribution is -2.13. The molecular weight excluding hydrogens is 424 g/mol. The van der Waals surface area contributed by atoms with Gasteiger partial charge in [0.2, 0.25) is 0 Å². The highest BCUT2D eigenvalue weighted by Gasteiger charge is 2.12. The molecule has 0 aliphatic heterocycles. The molecule has 3 aromatic carbocycles. The highest BCUT2D eigenvalue weighted by atomic mass is 35.5.